The number of aromatic amines is 1. The molecule has 0 aliphatic carbocycles. The van der Waals surface area contributed by atoms with Crippen molar-refractivity contribution in [3.05, 3.63) is 88.8 Å². The number of carbonyl (C=O) groups is 2. The van der Waals surface area contributed by atoms with Gasteiger partial charge in [-0.2, -0.15) is 5.10 Å². The summed E-state index contributed by atoms with van der Waals surface area (Å²) >= 11 is 5.31. The monoisotopic (exact) mass is 444 g/mol. The SMILES string of the molecule is Cc1cccc(-c2n[nH]c(=S)n2CC(=O)Nc2cccc(C(=O)Nc3ccccn3)c2)c1. The van der Waals surface area contributed by atoms with E-state index in [0.717, 1.165) is 11.1 Å². The molecule has 0 saturated heterocycles. The van der Waals surface area contributed by atoms with E-state index < -0.39 is 0 Å². The van der Waals surface area contributed by atoms with E-state index in [1.165, 1.54) is 0 Å². The molecule has 160 valence electrons. The molecular weight excluding hydrogens is 424 g/mol. The van der Waals surface area contributed by atoms with Crippen LogP contribution in [0.2, 0.25) is 0 Å². The molecule has 0 radical (unpaired) electrons. The Morgan fingerprint density at radius 1 is 1.03 bits per heavy atom. The van der Waals surface area contributed by atoms with Gasteiger partial charge in [-0.3, -0.25) is 19.3 Å². The maximum absolute atomic E-state index is 12.7. The number of benzene rings is 2. The highest BCUT2D eigenvalue weighted by atomic mass is 32.1. The maximum Gasteiger partial charge on any atom is 0.256 e. The van der Waals surface area contributed by atoms with Crippen molar-refractivity contribution >= 4 is 35.5 Å². The Morgan fingerprint density at radius 2 is 1.88 bits per heavy atom. The van der Waals surface area contributed by atoms with Crippen molar-refractivity contribution in [1.29, 1.82) is 0 Å². The highest BCUT2D eigenvalue weighted by Crippen LogP contribution is 2.19. The minimum absolute atomic E-state index is 0.0248. The van der Waals surface area contributed by atoms with Gasteiger partial charge < -0.3 is 10.6 Å². The Bertz CT molecular complexity index is 1330. The number of hydrogen-bond donors (Lipinski definition) is 3. The van der Waals surface area contributed by atoms with E-state index in [9.17, 15) is 9.59 Å². The molecule has 4 aromatic rings. The van der Waals surface area contributed by atoms with Crippen molar-refractivity contribution in [3.63, 3.8) is 0 Å². The third-order valence-electron chi connectivity index (χ3n) is 4.65. The Hall–Kier alpha value is -4.11. The van der Waals surface area contributed by atoms with Crippen LogP contribution in [0.3, 0.4) is 0 Å². The van der Waals surface area contributed by atoms with Crippen LogP contribution in [0.1, 0.15) is 15.9 Å². The van der Waals surface area contributed by atoms with Crippen LogP contribution in [0.4, 0.5) is 11.5 Å². The summed E-state index contributed by atoms with van der Waals surface area (Å²) < 4.78 is 1.98. The Kier molecular flexibility index (Phi) is 6.18. The number of nitrogens with one attached hydrogen (secondary N) is 3. The van der Waals surface area contributed by atoms with Gasteiger partial charge in [0.05, 0.1) is 0 Å². The lowest BCUT2D eigenvalue weighted by Gasteiger charge is -2.10. The van der Waals surface area contributed by atoms with Gasteiger partial charge in [-0.1, -0.05) is 35.9 Å². The second-order valence-corrected chi connectivity index (χ2v) is 7.49. The van der Waals surface area contributed by atoms with Gasteiger partial charge >= 0.3 is 0 Å². The predicted octanol–water partition coefficient (Wildman–Crippen LogP) is 4.20. The molecule has 3 N–H and O–H groups in total. The first kappa shape index (κ1) is 21.1. The van der Waals surface area contributed by atoms with E-state index in [1.54, 1.807) is 53.2 Å². The topological polar surface area (TPSA) is 105 Å². The molecule has 2 aromatic heterocycles. The third kappa shape index (κ3) is 4.96. The number of carbonyl (C=O) groups excluding carboxylic acids is 2. The van der Waals surface area contributed by atoms with Crippen LogP contribution in [0, 0.1) is 11.7 Å². The molecule has 0 atom stereocenters. The molecule has 9 heteroatoms. The number of hydrogen-bond acceptors (Lipinski definition) is 5. The number of H-pyrrole nitrogens is 1. The lowest BCUT2D eigenvalue weighted by molar-refractivity contribution is -0.116. The van der Waals surface area contributed by atoms with Crippen molar-refractivity contribution in [2.75, 3.05) is 10.6 Å². The molecule has 2 heterocycles. The van der Waals surface area contributed by atoms with Crippen molar-refractivity contribution in [3.8, 4) is 11.4 Å². The second kappa shape index (κ2) is 9.36. The van der Waals surface area contributed by atoms with E-state index >= 15 is 0 Å². The zero-order valence-electron chi connectivity index (χ0n) is 17.2. The van der Waals surface area contributed by atoms with Crippen LogP contribution in [0.25, 0.3) is 11.4 Å². The summed E-state index contributed by atoms with van der Waals surface area (Å²) in [7, 11) is 0. The largest absolute Gasteiger partial charge is 0.325 e. The summed E-state index contributed by atoms with van der Waals surface area (Å²) in [6.45, 7) is 1.96. The van der Waals surface area contributed by atoms with Gasteiger partial charge in [-0.25, -0.2) is 4.98 Å². The van der Waals surface area contributed by atoms with Crippen molar-refractivity contribution in [1.82, 2.24) is 19.7 Å². The molecule has 2 amide bonds. The molecule has 0 fully saturated rings. The lowest BCUT2D eigenvalue weighted by atomic mass is 10.1. The third-order valence-corrected chi connectivity index (χ3v) is 4.96. The predicted molar refractivity (Wildman–Crippen MR) is 125 cm³/mol. The van der Waals surface area contributed by atoms with Gasteiger partial charge in [0.15, 0.2) is 10.6 Å². The minimum atomic E-state index is -0.321. The number of pyridine rings is 1. The summed E-state index contributed by atoms with van der Waals surface area (Å²) in [6, 6.07) is 19.7. The first-order chi connectivity index (χ1) is 15.5. The van der Waals surface area contributed by atoms with Gasteiger partial charge in [0, 0.05) is 23.0 Å². The van der Waals surface area contributed by atoms with Crippen LogP contribution < -0.4 is 10.6 Å². The van der Waals surface area contributed by atoms with Crippen molar-refractivity contribution in [2.45, 2.75) is 13.5 Å². The summed E-state index contributed by atoms with van der Waals surface area (Å²) in [5.41, 5.74) is 2.83. The average molecular weight is 445 g/mol. The van der Waals surface area contributed by atoms with Gasteiger partial charge in [0.25, 0.3) is 5.91 Å². The van der Waals surface area contributed by atoms with Crippen LogP contribution in [0.5, 0.6) is 0 Å². The van der Waals surface area contributed by atoms with Crippen LogP contribution >= 0.6 is 12.2 Å². The molecule has 0 saturated carbocycles. The normalized spacial score (nSPS) is 10.5. The van der Waals surface area contributed by atoms with Crippen molar-refractivity contribution < 1.29 is 9.59 Å². The fourth-order valence-electron chi connectivity index (χ4n) is 3.18. The molecule has 2 aromatic carbocycles. The first-order valence-electron chi connectivity index (χ1n) is 9.84. The van der Waals surface area contributed by atoms with E-state index in [4.69, 9.17) is 12.2 Å². The molecule has 0 bridgehead atoms. The second-order valence-electron chi connectivity index (χ2n) is 7.11. The minimum Gasteiger partial charge on any atom is -0.325 e. The summed E-state index contributed by atoms with van der Waals surface area (Å²) in [5.74, 6) is 0.416. The van der Waals surface area contributed by atoms with Crippen LogP contribution in [-0.4, -0.2) is 31.6 Å². The van der Waals surface area contributed by atoms with Gasteiger partial charge in [-0.05, 0) is 55.5 Å². The maximum atomic E-state index is 12.7. The molecule has 8 nitrogen and oxygen atoms in total. The summed E-state index contributed by atoms with van der Waals surface area (Å²) in [5, 5.41) is 12.6. The number of rotatable bonds is 6. The molecule has 0 spiro atoms. The quantitative estimate of drug-likeness (QED) is 0.387. The molecule has 32 heavy (non-hydrogen) atoms. The number of aromatic nitrogens is 4. The van der Waals surface area contributed by atoms with E-state index in [-0.39, 0.29) is 18.4 Å². The molecule has 0 unspecified atom stereocenters. The Morgan fingerprint density at radius 3 is 2.66 bits per heavy atom. The number of nitrogens with zero attached hydrogens (tertiary/aromatic N) is 3. The number of aryl methyl sites for hydroxylation is 1. The zero-order chi connectivity index (χ0) is 22.5. The Labute approximate surface area is 189 Å². The van der Waals surface area contributed by atoms with Crippen molar-refractivity contribution in [2.24, 2.45) is 0 Å². The smallest absolute Gasteiger partial charge is 0.256 e. The van der Waals surface area contributed by atoms with Gasteiger partial charge in [-0.15, -0.1) is 0 Å². The highest BCUT2D eigenvalue weighted by Gasteiger charge is 2.14. The highest BCUT2D eigenvalue weighted by molar-refractivity contribution is 7.71. The standard InChI is InChI=1S/C23H20N6O2S/c1-15-6-4-7-16(12-15)21-27-28-23(32)29(21)14-20(30)25-18-9-5-8-17(13-18)22(31)26-19-10-2-3-11-24-19/h2-13H,14H2,1H3,(H,25,30)(H,28,32)(H,24,26,31). The fourth-order valence-corrected chi connectivity index (χ4v) is 3.37. The fraction of sp³-hybridized carbons (Fsp3) is 0.0870. The molecule has 0 aliphatic rings. The Balaban J connectivity index is 1.48. The van der Waals surface area contributed by atoms with Crippen LogP contribution in [-0.2, 0) is 11.3 Å². The van der Waals surface area contributed by atoms with Crippen LogP contribution in [0.15, 0.2) is 72.9 Å². The summed E-state index contributed by atoms with van der Waals surface area (Å²) in [6.07, 6.45) is 1.60. The van der Waals surface area contributed by atoms with Gasteiger partial charge in [0.1, 0.15) is 12.4 Å². The van der Waals surface area contributed by atoms with E-state index in [0.29, 0.717) is 27.7 Å². The number of amides is 2. The van der Waals surface area contributed by atoms with Gasteiger partial charge in [0.2, 0.25) is 5.91 Å². The van der Waals surface area contributed by atoms with E-state index in [1.807, 2.05) is 31.2 Å². The van der Waals surface area contributed by atoms with E-state index in [2.05, 4.69) is 25.8 Å². The average Bonchev–Trinajstić information content (AvgIpc) is 3.14. The lowest BCUT2D eigenvalue weighted by Crippen LogP contribution is -2.20. The summed E-state index contributed by atoms with van der Waals surface area (Å²) in [4.78, 5) is 29.3. The zero-order valence-corrected chi connectivity index (χ0v) is 18.0. The molecular formula is C23H20N6O2S. The molecule has 0 aliphatic heterocycles. The number of anilines is 2. The first-order valence-corrected chi connectivity index (χ1v) is 10.2. The molecule has 4 rings (SSSR count).